The number of halogens is 2. The monoisotopic (exact) mass is 416 g/mol. The quantitative estimate of drug-likeness (QED) is 0.406. The first-order chi connectivity index (χ1) is 11.2. The number of hydrogen-bond donors (Lipinski definition) is 0. The zero-order valence-corrected chi connectivity index (χ0v) is 16.8. The molecule has 1 aliphatic rings. The van der Waals surface area contributed by atoms with E-state index < -0.39 is 20.8 Å². The summed E-state index contributed by atoms with van der Waals surface area (Å²) in [5, 5.41) is 2.64. The molecule has 0 amide bonds. The van der Waals surface area contributed by atoms with Gasteiger partial charge in [0.2, 0.25) is 0 Å². The molecule has 0 fully saturated rings. The molecule has 0 heterocycles. The Bertz CT molecular complexity index is 863. The number of hydrogen-bond acceptors (Lipinski definition) is 0. The van der Waals surface area contributed by atoms with Crippen molar-refractivity contribution < 1.29 is 20.8 Å². The van der Waals surface area contributed by atoms with Gasteiger partial charge in [0.15, 0.2) is 0 Å². The Morgan fingerprint density at radius 1 is 0.826 bits per heavy atom. The van der Waals surface area contributed by atoms with Crippen molar-refractivity contribution in [2.45, 2.75) is 13.3 Å². The molecule has 0 unspecified atom stereocenters. The van der Waals surface area contributed by atoms with Gasteiger partial charge in [0.25, 0.3) is 0 Å². The molecule has 3 aromatic rings. The molecule has 114 valence electrons. The van der Waals surface area contributed by atoms with Crippen molar-refractivity contribution in [3.8, 4) is 11.1 Å². The molecule has 0 radical (unpaired) electrons. The second-order valence-electron chi connectivity index (χ2n) is 5.64. The molecule has 23 heavy (non-hydrogen) atoms. The van der Waals surface area contributed by atoms with E-state index in [1.165, 1.54) is 38.6 Å². The Morgan fingerprint density at radius 2 is 1.48 bits per heavy atom. The molecule has 0 saturated carbocycles. The van der Waals surface area contributed by atoms with Crippen LogP contribution in [-0.4, -0.2) is 0 Å². The summed E-state index contributed by atoms with van der Waals surface area (Å²) in [5.41, 5.74) is 7.00. The maximum absolute atomic E-state index is 4.93. The van der Waals surface area contributed by atoms with E-state index in [4.69, 9.17) is 17.0 Å². The molecule has 1 aliphatic carbocycles. The summed E-state index contributed by atoms with van der Waals surface area (Å²) in [4.78, 5) is 0. The van der Waals surface area contributed by atoms with Gasteiger partial charge < -0.3 is 0 Å². The number of rotatable bonds is 1. The van der Waals surface area contributed by atoms with Gasteiger partial charge in [-0.3, -0.25) is 0 Å². The topological polar surface area (TPSA) is 0 Å². The SMILES string of the molecule is CC1=Cc2c(cccc2-c2cccc3ccccc23)C1.[Cl][Zr][Cl]. The number of allylic oxidation sites excluding steroid dienone is 1. The summed E-state index contributed by atoms with van der Waals surface area (Å²) in [5.74, 6) is 0. The first kappa shape index (κ1) is 17.0. The van der Waals surface area contributed by atoms with E-state index >= 15 is 0 Å². The molecule has 0 atom stereocenters. The standard InChI is InChI=1S/C20H16.2ClH.Zr/c1-14-12-16-8-5-11-19(20(16)13-14)18-10-4-7-15-6-2-3-9-17(15)18;;;/h2-11,13H,12H2,1H3;2*1H;/q;;;+2/p-2. The Morgan fingerprint density at radius 3 is 2.30 bits per heavy atom. The van der Waals surface area contributed by atoms with Crippen LogP contribution in [0.4, 0.5) is 0 Å². The summed E-state index contributed by atoms with van der Waals surface area (Å²) in [6, 6.07) is 21.9. The van der Waals surface area contributed by atoms with Crippen molar-refractivity contribution in [2.24, 2.45) is 0 Å². The molecule has 0 saturated heterocycles. The van der Waals surface area contributed by atoms with Crippen LogP contribution in [0.5, 0.6) is 0 Å². The van der Waals surface area contributed by atoms with Crippen LogP contribution in [0, 0.1) is 0 Å². The molecular weight excluding hydrogens is 402 g/mol. The van der Waals surface area contributed by atoms with E-state index in [1.54, 1.807) is 0 Å². The van der Waals surface area contributed by atoms with Crippen LogP contribution in [0.1, 0.15) is 18.1 Å². The van der Waals surface area contributed by atoms with Gasteiger partial charge >= 0.3 is 37.9 Å². The molecule has 3 heteroatoms. The average Bonchev–Trinajstić information content (AvgIpc) is 2.95. The fourth-order valence-electron chi connectivity index (χ4n) is 3.23. The van der Waals surface area contributed by atoms with Gasteiger partial charge in [-0.1, -0.05) is 72.3 Å². The summed E-state index contributed by atoms with van der Waals surface area (Å²) in [7, 11) is 9.87. The van der Waals surface area contributed by atoms with Gasteiger partial charge in [-0.15, -0.1) is 0 Å². The maximum atomic E-state index is 4.93. The summed E-state index contributed by atoms with van der Waals surface area (Å²) >= 11 is -0.826. The third-order valence-corrected chi connectivity index (χ3v) is 4.14. The van der Waals surface area contributed by atoms with Crippen molar-refractivity contribution in [1.29, 1.82) is 0 Å². The van der Waals surface area contributed by atoms with Crippen LogP contribution < -0.4 is 0 Å². The fourth-order valence-corrected chi connectivity index (χ4v) is 3.23. The third kappa shape index (κ3) is 3.63. The molecule has 0 N–H and O–H groups in total. The zero-order chi connectivity index (χ0) is 16.2. The van der Waals surface area contributed by atoms with Crippen LogP contribution in [0.15, 0.2) is 66.2 Å². The van der Waals surface area contributed by atoms with Gasteiger partial charge in [-0.2, -0.15) is 0 Å². The third-order valence-electron chi connectivity index (χ3n) is 4.14. The van der Waals surface area contributed by atoms with Crippen molar-refractivity contribution >= 4 is 33.9 Å². The summed E-state index contributed by atoms with van der Waals surface area (Å²) in [6.45, 7) is 2.22. The molecule has 3 aromatic carbocycles. The van der Waals surface area contributed by atoms with Gasteiger partial charge in [-0.25, -0.2) is 0 Å². The Balaban J connectivity index is 0.000000485. The van der Waals surface area contributed by atoms with Crippen LogP contribution in [0.2, 0.25) is 0 Å². The van der Waals surface area contributed by atoms with E-state index in [0.717, 1.165) is 6.42 Å². The van der Waals surface area contributed by atoms with Gasteiger partial charge in [0.1, 0.15) is 0 Å². The predicted molar refractivity (Wildman–Crippen MR) is 98.4 cm³/mol. The zero-order valence-electron chi connectivity index (χ0n) is 12.8. The van der Waals surface area contributed by atoms with E-state index in [2.05, 4.69) is 73.7 Å². The van der Waals surface area contributed by atoms with Crippen LogP contribution in [0.3, 0.4) is 0 Å². The molecule has 0 nitrogen and oxygen atoms in total. The van der Waals surface area contributed by atoms with Crippen molar-refractivity contribution in [1.82, 2.24) is 0 Å². The first-order valence-corrected chi connectivity index (χ1v) is 13.8. The van der Waals surface area contributed by atoms with E-state index in [9.17, 15) is 0 Å². The normalized spacial score (nSPS) is 12.2. The number of benzene rings is 3. The Labute approximate surface area is 155 Å². The van der Waals surface area contributed by atoms with Gasteiger partial charge in [-0.05, 0) is 46.4 Å². The predicted octanol–water partition coefficient (Wildman–Crippen LogP) is 6.84. The minimum atomic E-state index is -0.826. The second-order valence-corrected chi connectivity index (χ2v) is 9.38. The molecule has 0 spiro atoms. The molecular formula is C20H16Cl2Zr. The van der Waals surface area contributed by atoms with Crippen molar-refractivity contribution in [2.75, 3.05) is 0 Å². The van der Waals surface area contributed by atoms with E-state index in [0.29, 0.717) is 0 Å². The van der Waals surface area contributed by atoms with Crippen molar-refractivity contribution in [3.05, 3.63) is 77.4 Å². The molecule has 4 rings (SSSR count). The van der Waals surface area contributed by atoms with Crippen LogP contribution in [-0.2, 0) is 27.3 Å². The van der Waals surface area contributed by atoms with E-state index in [1.807, 2.05) is 0 Å². The fraction of sp³-hybridized carbons (Fsp3) is 0.100. The van der Waals surface area contributed by atoms with Crippen LogP contribution >= 0.6 is 17.0 Å². The summed E-state index contributed by atoms with van der Waals surface area (Å²) in [6.07, 6.45) is 3.43. The molecule has 0 aliphatic heterocycles. The van der Waals surface area contributed by atoms with Crippen molar-refractivity contribution in [3.63, 3.8) is 0 Å². The summed E-state index contributed by atoms with van der Waals surface area (Å²) < 4.78 is 0. The van der Waals surface area contributed by atoms with Crippen LogP contribution in [0.25, 0.3) is 28.0 Å². The average molecular weight is 418 g/mol. The Kier molecular flexibility index (Phi) is 5.75. The second kappa shape index (κ2) is 7.80. The van der Waals surface area contributed by atoms with Gasteiger partial charge in [0.05, 0.1) is 0 Å². The minimum absolute atomic E-state index is 0.826. The first-order valence-electron chi connectivity index (χ1n) is 7.48. The Hall–Kier alpha value is -0.877. The van der Waals surface area contributed by atoms with Gasteiger partial charge in [0, 0.05) is 0 Å². The number of fused-ring (bicyclic) bond motifs is 2. The molecule has 0 aromatic heterocycles. The van der Waals surface area contributed by atoms with E-state index in [-0.39, 0.29) is 0 Å². The molecule has 0 bridgehead atoms.